The molecular formula is C21H32O5. The normalized spacial score (nSPS) is 34.1. The van der Waals surface area contributed by atoms with Crippen LogP contribution in [0.25, 0.3) is 0 Å². The van der Waals surface area contributed by atoms with E-state index in [1.54, 1.807) is 0 Å². The van der Waals surface area contributed by atoms with Gasteiger partial charge in [0.1, 0.15) is 0 Å². The fourth-order valence-corrected chi connectivity index (χ4v) is 4.54. The van der Waals surface area contributed by atoms with Crippen molar-refractivity contribution in [3.05, 3.63) is 23.8 Å². The lowest BCUT2D eigenvalue weighted by atomic mass is 9.90. The number of carbonyl (C=O) groups is 1. The molecule has 1 N–H and O–H groups in total. The molecule has 2 aliphatic carbocycles. The SMILES string of the molecule is CCOC(=O)CC/C=C\C1=C[C@H]2C[C@@H](OC3CCCCO3)[C@H](CO)[C@H]2C1. The molecule has 0 aromatic carbocycles. The van der Waals surface area contributed by atoms with Gasteiger partial charge >= 0.3 is 5.97 Å². The molecular weight excluding hydrogens is 332 g/mol. The van der Waals surface area contributed by atoms with Crippen molar-refractivity contribution in [2.45, 2.75) is 64.3 Å². The van der Waals surface area contributed by atoms with Crippen molar-refractivity contribution < 1.29 is 24.1 Å². The summed E-state index contributed by atoms with van der Waals surface area (Å²) < 4.78 is 16.8. The smallest absolute Gasteiger partial charge is 0.306 e. The third kappa shape index (κ3) is 4.96. The highest BCUT2D eigenvalue weighted by molar-refractivity contribution is 5.69. The molecule has 1 aliphatic heterocycles. The van der Waals surface area contributed by atoms with Crippen LogP contribution in [0.3, 0.4) is 0 Å². The van der Waals surface area contributed by atoms with Gasteiger partial charge in [-0.15, -0.1) is 0 Å². The monoisotopic (exact) mass is 364 g/mol. The molecule has 146 valence electrons. The first kappa shape index (κ1) is 19.6. The Morgan fingerprint density at radius 1 is 1.42 bits per heavy atom. The van der Waals surface area contributed by atoms with Crippen LogP contribution in [0.1, 0.15) is 51.9 Å². The Bertz CT molecular complexity index is 520. The first-order valence-electron chi connectivity index (χ1n) is 10.1. The Labute approximate surface area is 156 Å². The van der Waals surface area contributed by atoms with Crippen molar-refractivity contribution in [1.82, 2.24) is 0 Å². The van der Waals surface area contributed by atoms with Crippen LogP contribution in [-0.2, 0) is 19.0 Å². The molecule has 5 atom stereocenters. The highest BCUT2D eigenvalue weighted by Gasteiger charge is 2.46. The average Bonchev–Trinajstić information content (AvgIpc) is 3.16. The number of hydrogen-bond acceptors (Lipinski definition) is 5. The van der Waals surface area contributed by atoms with E-state index < -0.39 is 0 Å². The number of aliphatic hydroxyl groups is 1. The molecule has 0 aromatic heterocycles. The predicted octanol–water partition coefficient (Wildman–Crippen LogP) is 3.37. The van der Waals surface area contributed by atoms with Crippen LogP contribution in [-0.4, -0.2) is 43.3 Å². The van der Waals surface area contributed by atoms with Crippen molar-refractivity contribution in [3.63, 3.8) is 0 Å². The number of ether oxygens (including phenoxy) is 3. The van der Waals surface area contributed by atoms with Gasteiger partial charge in [0.2, 0.25) is 0 Å². The first-order chi connectivity index (χ1) is 12.7. The van der Waals surface area contributed by atoms with E-state index >= 15 is 0 Å². The van der Waals surface area contributed by atoms with Crippen LogP contribution in [0.5, 0.6) is 0 Å². The van der Waals surface area contributed by atoms with E-state index in [9.17, 15) is 9.90 Å². The van der Waals surface area contributed by atoms with E-state index in [0.717, 1.165) is 38.7 Å². The minimum atomic E-state index is -0.139. The first-order valence-corrected chi connectivity index (χ1v) is 10.1. The van der Waals surface area contributed by atoms with Gasteiger partial charge in [-0.25, -0.2) is 0 Å². The van der Waals surface area contributed by atoms with Crippen molar-refractivity contribution in [2.24, 2.45) is 17.8 Å². The minimum Gasteiger partial charge on any atom is -0.466 e. The van der Waals surface area contributed by atoms with Gasteiger partial charge in [-0.3, -0.25) is 4.79 Å². The lowest BCUT2D eigenvalue weighted by Gasteiger charge is -2.29. The number of rotatable bonds is 8. The molecule has 1 heterocycles. The van der Waals surface area contributed by atoms with E-state index in [0.29, 0.717) is 31.3 Å². The number of hydrogen-bond donors (Lipinski definition) is 1. The number of allylic oxidation sites excluding steroid dienone is 4. The Kier molecular flexibility index (Phi) is 7.29. The molecule has 5 nitrogen and oxygen atoms in total. The van der Waals surface area contributed by atoms with Gasteiger partial charge in [0.15, 0.2) is 6.29 Å². The van der Waals surface area contributed by atoms with Crippen molar-refractivity contribution in [1.29, 1.82) is 0 Å². The zero-order valence-corrected chi connectivity index (χ0v) is 15.8. The molecule has 26 heavy (non-hydrogen) atoms. The molecule has 0 radical (unpaired) electrons. The lowest BCUT2D eigenvalue weighted by molar-refractivity contribution is -0.198. The summed E-state index contributed by atoms with van der Waals surface area (Å²) in [7, 11) is 0. The molecule has 1 unspecified atom stereocenters. The topological polar surface area (TPSA) is 65.0 Å². The number of fused-ring (bicyclic) bond motifs is 1. The maximum Gasteiger partial charge on any atom is 0.306 e. The molecule has 0 amide bonds. The van der Waals surface area contributed by atoms with Crippen molar-refractivity contribution >= 4 is 5.97 Å². The fourth-order valence-electron chi connectivity index (χ4n) is 4.54. The van der Waals surface area contributed by atoms with Crippen LogP contribution in [0, 0.1) is 17.8 Å². The summed E-state index contributed by atoms with van der Waals surface area (Å²) in [6.45, 7) is 3.22. The molecule has 0 aromatic rings. The second kappa shape index (κ2) is 9.67. The molecule has 2 fully saturated rings. The Morgan fingerprint density at radius 2 is 2.31 bits per heavy atom. The van der Waals surface area contributed by atoms with Crippen LogP contribution in [0.15, 0.2) is 23.8 Å². The minimum absolute atomic E-state index is 0.0900. The van der Waals surface area contributed by atoms with Gasteiger partial charge in [-0.05, 0) is 57.3 Å². The maximum absolute atomic E-state index is 11.4. The Balaban J connectivity index is 1.48. The molecule has 0 spiro atoms. The summed E-state index contributed by atoms with van der Waals surface area (Å²) in [6.07, 6.45) is 12.9. The molecule has 5 heteroatoms. The van der Waals surface area contributed by atoms with Gasteiger partial charge < -0.3 is 19.3 Å². The predicted molar refractivity (Wildman–Crippen MR) is 98.3 cm³/mol. The Morgan fingerprint density at radius 3 is 3.04 bits per heavy atom. The Hall–Kier alpha value is -1.17. The summed E-state index contributed by atoms with van der Waals surface area (Å²) in [4.78, 5) is 11.4. The standard InChI is InChI=1S/C21H32O5/c1-2-24-20(23)8-4-3-7-15-11-16-13-19(18(14-22)17(16)12-15)26-21-9-5-6-10-25-21/h3,7,11,16-19,21-22H,2,4-6,8-10,12-14H2,1H3/b7-3-/t16-,17-,18+,19+,21?/m0/s1. The van der Waals surface area contributed by atoms with Crippen molar-refractivity contribution in [2.75, 3.05) is 19.8 Å². The van der Waals surface area contributed by atoms with E-state index in [-0.39, 0.29) is 30.9 Å². The van der Waals surface area contributed by atoms with E-state index in [2.05, 4.69) is 18.2 Å². The highest BCUT2D eigenvalue weighted by Crippen LogP contribution is 2.48. The number of carbonyl (C=O) groups excluding carboxylic acids is 1. The maximum atomic E-state index is 11.4. The fraction of sp³-hybridized carbons (Fsp3) is 0.762. The summed E-state index contributed by atoms with van der Waals surface area (Å²) in [6, 6.07) is 0. The van der Waals surface area contributed by atoms with Crippen LogP contribution in [0.4, 0.5) is 0 Å². The summed E-state index contributed by atoms with van der Waals surface area (Å²) >= 11 is 0. The molecule has 3 aliphatic rings. The summed E-state index contributed by atoms with van der Waals surface area (Å²) in [5, 5.41) is 9.91. The summed E-state index contributed by atoms with van der Waals surface area (Å²) in [5.41, 5.74) is 1.31. The lowest BCUT2D eigenvalue weighted by Crippen LogP contribution is -2.32. The third-order valence-corrected chi connectivity index (χ3v) is 5.81. The van der Waals surface area contributed by atoms with Gasteiger partial charge in [0.05, 0.1) is 12.7 Å². The molecule has 0 bridgehead atoms. The van der Waals surface area contributed by atoms with Gasteiger partial charge in [0.25, 0.3) is 0 Å². The van der Waals surface area contributed by atoms with Crippen LogP contribution in [0.2, 0.25) is 0 Å². The van der Waals surface area contributed by atoms with E-state index in [1.807, 2.05) is 6.92 Å². The van der Waals surface area contributed by atoms with Crippen LogP contribution >= 0.6 is 0 Å². The largest absolute Gasteiger partial charge is 0.466 e. The van der Waals surface area contributed by atoms with Gasteiger partial charge in [-0.2, -0.15) is 0 Å². The summed E-state index contributed by atoms with van der Waals surface area (Å²) in [5.74, 6) is 0.982. The van der Waals surface area contributed by atoms with Crippen LogP contribution < -0.4 is 0 Å². The molecule has 1 saturated heterocycles. The van der Waals surface area contributed by atoms with Gasteiger partial charge in [-0.1, -0.05) is 23.8 Å². The second-order valence-electron chi connectivity index (χ2n) is 7.57. The molecule has 3 rings (SSSR count). The van der Waals surface area contributed by atoms with Crippen molar-refractivity contribution in [3.8, 4) is 0 Å². The quantitative estimate of drug-likeness (QED) is 0.669. The third-order valence-electron chi connectivity index (χ3n) is 5.81. The number of aliphatic hydroxyl groups excluding tert-OH is 1. The zero-order valence-electron chi connectivity index (χ0n) is 15.8. The van der Waals surface area contributed by atoms with E-state index in [4.69, 9.17) is 14.2 Å². The number of esters is 1. The second-order valence-corrected chi connectivity index (χ2v) is 7.57. The zero-order chi connectivity index (χ0) is 18.4. The van der Waals surface area contributed by atoms with Gasteiger partial charge in [0, 0.05) is 25.6 Å². The average molecular weight is 364 g/mol. The van der Waals surface area contributed by atoms with E-state index in [1.165, 1.54) is 5.57 Å². The highest BCUT2D eigenvalue weighted by atomic mass is 16.7. The molecule has 1 saturated carbocycles.